The lowest BCUT2D eigenvalue weighted by Gasteiger charge is -2.02. The lowest BCUT2D eigenvalue weighted by molar-refractivity contribution is 0.108. The lowest BCUT2D eigenvalue weighted by Crippen LogP contribution is -2.01. The van der Waals surface area contributed by atoms with E-state index >= 15 is 0 Å². The molecule has 1 aromatic rings. The van der Waals surface area contributed by atoms with Gasteiger partial charge in [-0.1, -0.05) is 34.1 Å². The van der Waals surface area contributed by atoms with Crippen molar-refractivity contribution in [3.8, 4) is 0 Å². The number of benzene rings is 1. The van der Waals surface area contributed by atoms with E-state index in [1.807, 2.05) is 31.2 Å². The summed E-state index contributed by atoms with van der Waals surface area (Å²) in [4.78, 5) is 0. The predicted octanol–water partition coefficient (Wildman–Crippen LogP) is 2.86. The number of aliphatic hydroxyl groups is 1. The number of ether oxygens (including phenoxy) is 1. The molecule has 0 fully saturated rings. The normalized spacial score (nSPS) is 11.8. The van der Waals surface area contributed by atoms with Crippen molar-refractivity contribution in [1.82, 2.24) is 0 Å². The van der Waals surface area contributed by atoms with Gasteiger partial charge >= 0.3 is 0 Å². The third-order valence-electron chi connectivity index (χ3n) is 1.85. The number of hydrogen-bond donors (Lipinski definition) is 1. The number of aliphatic hydroxyl groups excluding tert-OH is 1. The van der Waals surface area contributed by atoms with E-state index in [9.17, 15) is 0 Å². The van der Waals surface area contributed by atoms with Crippen LogP contribution in [-0.2, 0) is 4.74 Å². The smallest absolute Gasteiger partial charge is 0.0702 e. The minimum absolute atomic E-state index is 0.0750. The third-order valence-corrected chi connectivity index (χ3v) is 2.38. The number of rotatable bonds is 5. The molecule has 0 spiro atoms. The van der Waals surface area contributed by atoms with Crippen molar-refractivity contribution < 1.29 is 9.84 Å². The molecule has 1 N–H and O–H groups in total. The quantitative estimate of drug-likeness (QED) is 0.834. The minimum Gasteiger partial charge on any atom is -0.394 e. The average molecular weight is 271 g/mol. The first-order valence-corrected chi connectivity index (χ1v) is 5.63. The highest BCUT2D eigenvalue weighted by Crippen LogP contribution is 2.13. The van der Waals surface area contributed by atoms with E-state index in [0.29, 0.717) is 13.2 Å². The molecule has 0 heterocycles. The van der Waals surface area contributed by atoms with E-state index in [-0.39, 0.29) is 6.61 Å². The van der Waals surface area contributed by atoms with E-state index < -0.39 is 0 Å². The topological polar surface area (TPSA) is 29.5 Å². The van der Waals surface area contributed by atoms with Gasteiger partial charge in [0.05, 0.1) is 19.8 Å². The second kappa shape index (κ2) is 6.77. The van der Waals surface area contributed by atoms with Gasteiger partial charge in [-0.2, -0.15) is 0 Å². The summed E-state index contributed by atoms with van der Waals surface area (Å²) in [6.07, 6.45) is 2.07. The van der Waals surface area contributed by atoms with Gasteiger partial charge < -0.3 is 9.84 Å². The average Bonchev–Trinajstić information content (AvgIpc) is 2.22. The Hall–Kier alpha value is -0.640. The largest absolute Gasteiger partial charge is 0.394 e. The van der Waals surface area contributed by atoms with Crippen LogP contribution in [0.25, 0.3) is 6.08 Å². The Morgan fingerprint density at radius 1 is 1.40 bits per heavy atom. The second-order valence-electron chi connectivity index (χ2n) is 3.32. The first-order chi connectivity index (χ1) is 7.22. The molecule has 1 rings (SSSR count). The van der Waals surface area contributed by atoms with Gasteiger partial charge in [0.15, 0.2) is 0 Å². The summed E-state index contributed by atoms with van der Waals surface area (Å²) in [6, 6.07) is 8.10. The Labute approximate surface area is 98.7 Å². The fourth-order valence-electron chi connectivity index (χ4n) is 1.18. The Kier molecular flexibility index (Phi) is 5.61. The van der Waals surface area contributed by atoms with Crippen LogP contribution in [0.5, 0.6) is 0 Å². The van der Waals surface area contributed by atoms with Gasteiger partial charge in [0.2, 0.25) is 0 Å². The van der Waals surface area contributed by atoms with Crippen LogP contribution in [0.4, 0.5) is 0 Å². The second-order valence-corrected chi connectivity index (χ2v) is 4.23. The Morgan fingerprint density at radius 2 is 2.07 bits per heavy atom. The third kappa shape index (κ3) is 5.11. The molecule has 82 valence electrons. The van der Waals surface area contributed by atoms with Crippen LogP contribution in [0.3, 0.4) is 0 Å². The number of hydrogen-bond acceptors (Lipinski definition) is 2. The van der Waals surface area contributed by atoms with Crippen molar-refractivity contribution in [3.05, 3.63) is 39.9 Å². The van der Waals surface area contributed by atoms with Crippen LogP contribution in [0.15, 0.2) is 34.3 Å². The molecule has 0 amide bonds. The highest BCUT2D eigenvalue weighted by atomic mass is 79.9. The molecule has 2 nitrogen and oxygen atoms in total. The van der Waals surface area contributed by atoms with Crippen LogP contribution in [-0.4, -0.2) is 24.9 Å². The van der Waals surface area contributed by atoms with E-state index in [0.717, 1.165) is 15.6 Å². The monoisotopic (exact) mass is 270 g/mol. The SMILES string of the molecule is CC(=Cc1ccc(Br)cc1)COCCO. The van der Waals surface area contributed by atoms with Crippen molar-refractivity contribution in [3.63, 3.8) is 0 Å². The van der Waals surface area contributed by atoms with Gasteiger partial charge in [0.1, 0.15) is 0 Å². The van der Waals surface area contributed by atoms with Crippen molar-refractivity contribution in [2.24, 2.45) is 0 Å². The summed E-state index contributed by atoms with van der Waals surface area (Å²) in [7, 11) is 0. The van der Waals surface area contributed by atoms with Crippen molar-refractivity contribution in [2.75, 3.05) is 19.8 Å². The molecule has 0 radical (unpaired) electrons. The van der Waals surface area contributed by atoms with Crippen LogP contribution in [0.2, 0.25) is 0 Å². The zero-order valence-corrected chi connectivity index (χ0v) is 10.3. The van der Waals surface area contributed by atoms with Crippen LogP contribution < -0.4 is 0 Å². The van der Waals surface area contributed by atoms with Crippen molar-refractivity contribution >= 4 is 22.0 Å². The van der Waals surface area contributed by atoms with Gasteiger partial charge in [-0.15, -0.1) is 0 Å². The van der Waals surface area contributed by atoms with E-state index in [1.165, 1.54) is 0 Å². The van der Waals surface area contributed by atoms with Gasteiger partial charge in [-0.3, -0.25) is 0 Å². The number of halogens is 1. The summed E-state index contributed by atoms with van der Waals surface area (Å²) < 4.78 is 6.29. The molecule has 0 saturated carbocycles. The molecule has 0 aliphatic heterocycles. The zero-order valence-electron chi connectivity index (χ0n) is 8.74. The molecule has 0 saturated heterocycles. The fraction of sp³-hybridized carbons (Fsp3) is 0.333. The Bertz CT molecular complexity index is 317. The van der Waals surface area contributed by atoms with Crippen LogP contribution in [0.1, 0.15) is 12.5 Å². The van der Waals surface area contributed by atoms with E-state index in [4.69, 9.17) is 9.84 Å². The Balaban J connectivity index is 2.50. The minimum atomic E-state index is 0.0750. The van der Waals surface area contributed by atoms with Crippen LogP contribution in [0, 0.1) is 0 Å². The Morgan fingerprint density at radius 3 is 2.67 bits per heavy atom. The zero-order chi connectivity index (χ0) is 11.1. The summed E-state index contributed by atoms with van der Waals surface area (Å²) in [6.45, 7) is 3.05. The van der Waals surface area contributed by atoms with Gasteiger partial charge in [0.25, 0.3) is 0 Å². The molecule has 1 aromatic carbocycles. The highest BCUT2D eigenvalue weighted by Gasteiger charge is 1.92. The van der Waals surface area contributed by atoms with Crippen molar-refractivity contribution in [2.45, 2.75) is 6.92 Å². The molecule has 0 unspecified atom stereocenters. The molecule has 3 heteroatoms. The predicted molar refractivity (Wildman–Crippen MR) is 65.7 cm³/mol. The lowest BCUT2D eigenvalue weighted by atomic mass is 10.1. The highest BCUT2D eigenvalue weighted by molar-refractivity contribution is 9.10. The molecule has 0 aliphatic rings. The molecule has 0 atom stereocenters. The summed E-state index contributed by atoms with van der Waals surface area (Å²) in [5.41, 5.74) is 2.30. The van der Waals surface area contributed by atoms with Gasteiger partial charge in [-0.25, -0.2) is 0 Å². The summed E-state index contributed by atoms with van der Waals surface area (Å²) in [5.74, 6) is 0. The van der Waals surface area contributed by atoms with E-state index in [1.54, 1.807) is 0 Å². The molecular formula is C12H15BrO2. The molecule has 0 bridgehead atoms. The molecule has 0 aliphatic carbocycles. The fourth-order valence-corrected chi connectivity index (χ4v) is 1.45. The van der Waals surface area contributed by atoms with Gasteiger partial charge in [0, 0.05) is 4.47 Å². The summed E-state index contributed by atoms with van der Waals surface area (Å²) in [5, 5.41) is 8.55. The molecular weight excluding hydrogens is 256 g/mol. The standard InChI is InChI=1S/C12H15BrO2/c1-10(9-15-7-6-14)8-11-2-4-12(13)5-3-11/h2-5,8,14H,6-7,9H2,1H3. The first kappa shape index (κ1) is 12.4. The maximum atomic E-state index is 8.55. The molecule has 0 aromatic heterocycles. The maximum absolute atomic E-state index is 8.55. The van der Waals surface area contributed by atoms with Crippen molar-refractivity contribution in [1.29, 1.82) is 0 Å². The molecule has 15 heavy (non-hydrogen) atoms. The first-order valence-electron chi connectivity index (χ1n) is 4.83. The van der Waals surface area contributed by atoms with Crippen LogP contribution >= 0.6 is 15.9 Å². The van der Waals surface area contributed by atoms with Gasteiger partial charge in [-0.05, 0) is 30.2 Å². The maximum Gasteiger partial charge on any atom is 0.0702 e. The summed E-state index contributed by atoms with van der Waals surface area (Å²) >= 11 is 3.39. The van der Waals surface area contributed by atoms with E-state index in [2.05, 4.69) is 22.0 Å².